The van der Waals surface area contributed by atoms with E-state index < -0.39 is 0 Å². The summed E-state index contributed by atoms with van der Waals surface area (Å²) in [6.07, 6.45) is 9.64. The van der Waals surface area contributed by atoms with Gasteiger partial charge in [-0.25, -0.2) is 0 Å². The molecule has 0 fully saturated rings. The fourth-order valence-corrected chi connectivity index (χ4v) is 7.15. The van der Waals surface area contributed by atoms with Gasteiger partial charge in [0.25, 0.3) is 0 Å². The van der Waals surface area contributed by atoms with Crippen molar-refractivity contribution >= 4 is 0 Å². The fraction of sp³-hybridized carbons (Fsp3) is 1.00. The van der Waals surface area contributed by atoms with Gasteiger partial charge < -0.3 is 0 Å². The van der Waals surface area contributed by atoms with Crippen molar-refractivity contribution in [2.45, 2.75) is 198 Å². The first-order valence-corrected chi connectivity index (χ1v) is 17.5. The summed E-state index contributed by atoms with van der Waals surface area (Å²) in [6, 6.07) is 0. The third-order valence-corrected chi connectivity index (χ3v) is 9.19. The standard InChI is InChI=1S/C14H30.C13H28.C12H26.2CH4/c1-8-14(13(6)7,9-11(2)3)10-12(4)5;1-10(2)8-13(7,12(5)6)9-11(3)4;1-9(2)7-12(11(5)6)8-10(3)4;;/h11-13H,8-10H2,1-7H3;10-12H,8-9H2,1-7H3;9-12H,7-8H2,1-6H3;2*1H4. The van der Waals surface area contributed by atoms with E-state index in [0.717, 1.165) is 59.2 Å². The second-order valence-electron chi connectivity index (χ2n) is 17.3. The summed E-state index contributed by atoms with van der Waals surface area (Å²) >= 11 is 0. The summed E-state index contributed by atoms with van der Waals surface area (Å²) in [5.74, 6) is 8.44. The van der Waals surface area contributed by atoms with Crippen molar-refractivity contribution in [1.29, 1.82) is 0 Å². The summed E-state index contributed by atoms with van der Waals surface area (Å²) in [5.41, 5.74) is 1.13. The van der Waals surface area contributed by atoms with E-state index in [9.17, 15) is 0 Å². The summed E-state index contributed by atoms with van der Waals surface area (Å²) in [7, 11) is 0. The van der Waals surface area contributed by atoms with Crippen LogP contribution >= 0.6 is 0 Å². The van der Waals surface area contributed by atoms with E-state index in [0.29, 0.717) is 10.8 Å². The second-order valence-corrected chi connectivity index (χ2v) is 17.3. The van der Waals surface area contributed by atoms with E-state index in [2.05, 4.69) is 138 Å². The minimum atomic E-state index is 0. The highest BCUT2D eigenvalue weighted by atomic mass is 14.4. The molecule has 0 aliphatic heterocycles. The van der Waals surface area contributed by atoms with Crippen LogP contribution in [0.2, 0.25) is 0 Å². The topological polar surface area (TPSA) is 0 Å². The monoisotopic (exact) mass is 585 g/mol. The van der Waals surface area contributed by atoms with Crippen molar-refractivity contribution in [3.63, 3.8) is 0 Å². The molecule has 0 heteroatoms. The average molecular weight is 585 g/mol. The van der Waals surface area contributed by atoms with Crippen LogP contribution < -0.4 is 0 Å². The Morgan fingerprint density at radius 2 is 0.707 bits per heavy atom. The smallest absolute Gasteiger partial charge is 0.0272 e. The highest BCUT2D eigenvalue weighted by molar-refractivity contribution is 4.83. The average Bonchev–Trinajstić information content (AvgIpc) is 2.70. The van der Waals surface area contributed by atoms with Crippen LogP contribution in [0.4, 0.5) is 0 Å². The maximum Gasteiger partial charge on any atom is -0.0272 e. The molecule has 0 saturated heterocycles. The summed E-state index contributed by atoms with van der Waals surface area (Å²) in [6.45, 7) is 47.1. The van der Waals surface area contributed by atoms with Gasteiger partial charge in [-0.3, -0.25) is 0 Å². The SMILES string of the molecule is C.C.CC(C)CC(C)(CC(C)C)C(C)C.CC(C)CC(CC(C)C)C(C)C.CCC(CC(C)C)(CC(C)C)C(C)C. The first-order chi connectivity index (χ1) is 17.5. The predicted octanol–water partition coefficient (Wildman–Crippen LogP) is 15.5. The molecule has 0 aromatic heterocycles. The molecule has 0 amide bonds. The number of rotatable bonds is 16. The van der Waals surface area contributed by atoms with Crippen LogP contribution in [0, 0.1) is 70.0 Å². The van der Waals surface area contributed by atoms with E-state index in [4.69, 9.17) is 0 Å². The molecule has 0 aromatic carbocycles. The van der Waals surface area contributed by atoms with Gasteiger partial charge in [-0.1, -0.05) is 160 Å². The zero-order chi connectivity index (χ0) is 31.7. The molecule has 0 radical (unpaired) electrons. The van der Waals surface area contributed by atoms with Crippen LogP contribution in [0.1, 0.15) is 198 Å². The lowest BCUT2D eigenvalue weighted by molar-refractivity contribution is 0.105. The van der Waals surface area contributed by atoms with Gasteiger partial charge in [0.2, 0.25) is 0 Å². The third-order valence-electron chi connectivity index (χ3n) is 9.19. The third kappa shape index (κ3) is 26.1. The first kappa shape index (κ1) is 50.6. The van der Waals surface area contributed by atoms with Crippen molar-refractivity contribution in [2.24, 2.45) is 70.0 Å². The van der Waals surface area contributed by atoms with Gasteiger partial charge in [0.1, 0.15) is 0 Å². The minimum Gasteiger partial charge on any atom is -0.0776 e. The van der Waals surface area contributed by atoms with E-state index in [-0.39, 0.29) is 14.9 Å². The van der Waals surface area contributed by atoms with Gasteiger partial charge in [0.05, 0.1) is 0 Å². The van der Waals surface area contributed by atoms with Gasteiger partial charge >= 0.3 is 0 Å². The van der Waals surface area contributed by atoms with Crippen molar-refractivity contribution < 1.29 is 0 Å². The molecule has 0 rings (SSSR count). The second kappa shape index (κ2) is 25.3. The van der Waals surface area contributed by atoms with Crippen molar-refractivity contribution in [3.05, 3.63) is 0 Å². The molecular weight excluding hydrogens is 492 g/mol. The zero-order valence-corrected chi connectivity index (χ0v) is 31.7. The molecule has 0 spiro atoms. The van der Waals surface area contributed by atoms with E-state index >= 15 is 0 Å². The Balaban J connectivity index is -0.000000155. The Kier molecular flexibility index (Phi) is 31.3. The van der Waals surface area contributed by atoms with Crippen LogP contribution in [-0.4, -0.2) is 0 Å². The number of hydrogen-bond acceptors (Lipinski definition) is 0. The number of hydrogen-bond donors (Lipinski definition) is 0. The van der Waals surface area contributed by atoms with Crippen LogP contribution in [-0.2, 0) is 0 Å². The van der Waals surface area contributed by atoms with Crippen LogP contribution in [0.5, 0.6) is 0 Å². The molecular formula is C41H92. The maximum absolute atomic E-state index is 2.46. The molecule has 0 saturated carbocycles. The van der Waals surface area contributed by atoms with Crippen LogP contribution in [0.25, 0.3) is 0 Å². The largest absolute Gasteiger partial charge is 0.0776 e. The summed E-state index contributed by atoms with van der Waals surface area (Å²) < 4.78 is 0. The lowest BCUT2D eigenvalue weighted by atomic mass is 9.65. The molecule has 0 heterocycles. The molecule has 41 heavy (non-hydrogen) atoms. The molecule has 0 aliphatic rings. The first-order valence-electron chi connectivity index (χ1n) is 17.5. The van der Waals surface area contributed by atoms with E-state index in [1.807, 2.05) is 0 Å². The Bertz CT molecular complexity index is 498. The lowest BCUT2D eigenvalue weighted by Crippen LogP contribution is -2.30. The maximum atomic E-state index is 2.46. The Hall–Kier alpha value is 0. The van der Waals surface area contributed by atoms with Gasteiger partial charge in [0, 0.05) is 0 Å². The quantitative estimate of drug-likeness (QED) is 0.169. The highest BCUT2D eigenvalue weighted by Gasteiger charge is 2.33. The van der Waals surface area contributed by atoms with Crippen molar-refractivity contribution in [2.75, 3.05) is 0 Å². The lowest BCUT2D eigenvalue weighted by Gasteiger charge is -2.40. The molecule has 0 nitrogen and oxygen atoms in total. The predicted molar refractivity (Wildman–Crippen MR) is 199 cm³/mol. The normalized spacial score (nSPS) is 12.4. The van der Waals surface area contributed by atoms with E-state index in [1.54, 1.807) is 0 Å². The van der Waals surface area contributed by atoms with Gasteiger partial charge in [-0.2, -0.15) is 0 Å². The molecule has 256 valence electrons. The van der Waals surface area contributed by atoms with E-state index in [1.165, 1.54) is 44.9 Å². The summed E-state index contributed by atoms with van der Waals surface area (Å²) in [4.78, 5) is 0. The molecule has 0 atom stereocenters. The van der Waals surface area contributed by atoms with Gasteiger partial charge in [0.15, 0.2) is 0 Å². The Morgan fingerprint density at radius 1 is 0.415 bits per heavy atom. The highest BCUT2D eigenvalue weighted by Crippen LogP contribution is 2.43. The van der Waals surface area contributed by atoms with Crippen LogP contribution in [0.15, 0.2) is 0 Å². The minimum absolute atomic E-state index is 0. The molecule has 0 aliphatic carbocycles. The Labute approximate surface area is 267 Å². The van der Waals surface area contributed by atoms with Crippen molar-refractivity contribution in [1.82, 2.24) is 0 Å². The zero-order valence-electron chi connectivity index (χ0n) is 31.7. The van der Waals surface area contributed by atoms with Crippen LogP contribution in [0.3, 0.4) is 0 Å². The summed E-state index contributed by atoms with van der Waals surface area (Å²) in [5, 5.41) is 0. The van der Waals surface area contributed by atoms with Gasteiger partial charge in [-0.15, -0.1) is 0 Å². The van der Waals surface area contributed by atoms with Crippen molar-refractivity contribution in [3.8, 4) is 0 Å². The fourth-order valence-electron chi connectivity index (χ4n) is 7.15. The Morgan fingerprint density at radius 3 is 0.854 bits per heavy atom. The molecule has 0 aromatic rings. The molecule has 0 bridgehead atoms. The van der Waals surface area contributed by atoms with Gasteiger partial charge in [-0.05, 0) is 109 Å². The molecule has 0 unspecified atom stereocenters. The molecule has 0 N–H and O–H groups in total.